The average molecular weight is 267 g/mol. The second kappa shape index (κ2) is 4.24. The molecule has 0 atom stereocenters. The van der Waals surface area contributed by atoms with Crippen molar-refractivity contribution in [3.63, 3.8) is 0 Å². The summed E-state index contributed by atoms with van der Waals surface area (Å²) >= 11 is 3.41. The van der Waals surface area contributed by atoms with E-state index < -0.39 is 0 Å². The second-order valence-corrected chi connectivity index (χ2v) is 4.28. The maximum Gasteiger partial charge on any atom is 0.131 e. The minimum Gasteiger partial charge on any atom is -0.396 e. The maximum absolute atomic E-state index is 8.85. The molecule has 0 aliphatic carbocycles. The lowest BCUT2D eigenvalue weighted by Gasteiger charge is -2.04. The van der Waals surface area contributed by atoms with Crippen molar-refractivity contribution in [2.75, 3.05) is 6.61 Å². The molecule has 0 aliphatic rings. The summed E-state index contributed by atoms with van der Waals surface area (Å²) in [5, 5.41) is 9.90. The molecule has 2 aromatic rings. The van der Waals surface area contributed by atoms with Crippen LogP contribution in [0, 0.1) is 6.92 Å². The molecule has 0 saturated heterocycles. The number of hydrogen-bond acceptors (Lipinski definition) is 3. The topological polar surface area (TPSA) is 46.0 Å². The first-order chi connectivity index (χ1) is 7.20. The van der Waals surface area contributed by atoms with Crippen molar-refractivity contribution in [2.24, 2.45) is 0 Å². The van der Waals surface area contributed by atoms with E-state index in [0.29, 0.717) is 12.2 Å². The summed E-state index contributed by atoms with van der Waals surface area (Å²) in [6.07, 6.45) is 0.503. The summed E-state index contributed by atoms with van der Waals surface area (Å²) in [5.41, 5.74) is 1.87. The van der Waals surface area contributed by atoms with E-state index in [0.717, 1.165) is 21.1 Å². The molecule has 0 radical (unpaired) electrons. The standard InChI is InChI=1S/C11H11BrN2O/c1-7-9-3-2-8(12)6-10(9)14-11(13-7)4-5-15/h2-3,6,15H,4-5H2,1H3. The van der Waals surface area contributed by atoms with Crippen molar-refractivity contribution in [3.05, 3.63) is 34.2 Å². The van der Waals surface area contributed by atoms with Gasteiger partial charge in [0, 0.05) is 22.0 Å². The number of nitrogens with zero attached hydrogens (tertiary/aromatic N) is 2. The largest absolute Gasteiger partial charge is 0.396 e. The van der Waals surface area contributed by atoms with Crippen LogP contribution < -0.4 is 0 Å². The summed E-state index contributed by atoms with van der Waals surface area (Å²) in [6.45, 7) is 2.04. The summed E-state index contributed by atoms with van der Waals surface area (Å²) in [6, 6.07) is 5.94. The SMILES string of the molecule is Cc1nc(CCO)nc2cc(Br)ccc12. The fourth-order valence-corrected chi connectivity index (χ4v) is 1.88. The fraction of sp³-hybridized carbons (Fsp3) is 0.273. The van der Waals surface area contributed by atoms with Crippen LogP contribution in [0.2, 0.25) is 0 Å². The predicted octanol–water partition coefficient (Wildman–Crippen LogP) is 2.24. The predicted molar refractivity (Wildman–Crippen MR) is 62.8 cm³/mol. The highest BCUT2D eigenvalue weighted by molar-refractivity contribution is 9.10. The van der Waals surface area contributed by atoms with Crippen LogP contribution in [0.1, 0.15) is 11.5 Å². The van der Waals surface area contributed by atoms with Gasteiger partial charge in [0.05, 0.1) is 12.1 Å². The van der Waals surface area contributed by atoms with Gasteiger partial charge < -0.3 is 5.11 Å². The minimum absolute atomic E-state index is 0.0823. The Bertz CT molecular complexity index is 499. The Labute approximate surface area is 96.3 Å². The van der Waals surface area contributed by atoms with Crippen LogP contribution in [0.4, 0.5) is 0 Å². The van der Waals surface area contributed by atoms with Gasteiger partial charge in [-0.1, -0.05) is 15.9 Å². The zero-order valence-corrected chi connectivity index (χ0v) is 9.95. The first-order valence-corrected chi connectivity index (χ1v) is 5.53. The molecule has 2 rings (SSSR count). The normalized spacial score (nSPS) is 10.9. The van der Waals surface area contributed by atoms with Gasteiger partial charge in [-0.25, -0.2) is 9.97 Å². The average Bonchev–Trinajstić information content (AvgIpc) is 2.17. The van der Waals surface area contributed by atoms with Crippen LogP contribution in [-0.4, -0.2) is 21.7 Å². The third-order valence-corrected chi connectivity index (χ3v) is 2.72. The zero-order chi connectivity index (χ0) is 10.8. The van der Waals surface area contributed by atoms with Gasteiger partial charge in [0.25, 0.3) is 0 Å². The fourth-order valence-electron chi connectivity index (χ4n) is 1.53. The van der Waals surface area contributed by atoms with E-state index in [-0.39, 0.29) is 6.61 Å². The molecule has 0 aliphatic heterocycles. The van der Waals surface area contributed by atoms with Crippen molar-refractivity contribution < 1.29 is 5.11 Å². The number of aliphatic hydroxyl groups excluding tert-OH is 1. The number of fused-ring (bicyclic) bond motifs is 1. The molecule has 1 N–H and O–H groups in total. The van der Waals surface area contributed by atoms with Crippen LogP contribution in [-0.2, 0) is 6.42 Å². The Hall–Kier alpha value is -1.000. The molecule has 15 heavy (non-hydrogen) atoms. The Balaban J connectivity index is 2.63. The zero-order valence-electron chi connectivity index (χ0n) is 8.37. The van der Waals surface area contributed by atoms with Gasteiger partial charge in [-0.3, -0.25) is 0 Å². The smallest absolute Gasteiger partial charge is 0.131 e. The summed E-state index contributed by atoms with van der Waals surface area (Å²) in [5.74, 6) is 0.695. The first kappa shape index (κ1) is 10.5. The van der Waals surface area contributed by atoms with Crippen molar-refractivity contribution in [1.82, 2.24) is 9.97 Å². The van der Waals surface area contributed by atoms with E-state index in [2.05, 4.69) is 25.9 Å². The molecule has 1 aromatic carbocycles. The van der Waals surface area contributed by atoms with E-state index >= 15 is 0 Å². The molecule has 4 heteroatoms. The number of rotatable bonds is 2. The molecule has 0 amide bonds. The Kier molecular flexibility index (Phi) is 2.98. The molecule has 78 valence electrons. The minimum atomic E-state index is 0.0823. The number of benzene rings is 1. The molecule has 3 nitrogen and oxygen atoms in total. The van der Waals surface area contributed by atoms with Crippen LogP contribution in [0.5, 0.6) is 0 Å². The summed E-state index contributed by atoms with van der Waals surface area (Å²) in [4.78, 5) is 8.72. The highest BCUT2D eigenvalue weighted by Gasteiger charge is 2.04. The van der Waals surface area contributed by atoms with Crippen molar-refractivity contribution in [1.29, 1.82) is 0 Å². The van der Waals surface area contributed by atoms with Crippen LogP contribution in [0.3, 0.4) is 0 Å². The molecular weight excluding hydrogens is 256 g/mol. The van der Waals surface area contributed by atoms with Gasteiger partial charge in [0.1, 0.15) is 5.82 Å². The number of aromatic nitrogens is 2. The Morgan fingerprint density at radius 2 is 2.13 bits per heavy atom. The lowest BCUT2D eigenvalue weighted by atomic mass is 10.2. The van der Waals surface area contributed by atoms with Crippen LogP contribution in [0.25, 0.3) is 10.9 Å². The number of halogens is 1. The quantitative estimate of drug-likeness (QED) is 0.907. The van der Waals surface area contributed by atoms with Crippen LogP contribution in [0.15, 0.2) is 22.7 Å². The molecular formula is C11H11BrN2O. The van der Waals surface area contributed by atoms with E-state index in [1.807, 2.05) is 25.1 Å². The van der Waals surface area contributed by atoms with Crippen molar-refractivity contribution in [3.8, 4) is 0 Å². The van der Waals surface area contributed by atoms with Gasteiger partial charge in [-0.05, 0) is 25.1 Å². The van der Waals surface area contributed by atoms with Gasteiger partial charge in [0.2, 0.25) is 0 Å². The maximum atomic E-state index is 8.85. The van der Waals surface area contributed by atoms with Gasteiger partial charge >= 0.3 is 0 Å². The molecule has 0 bridgehead atoms. The Morgan fingerprint density at radius 3 is 2.87 bits per heavy atom. The monoisotopic (exact) mass is 266 g/mol. The number of aryl methyl sites for hydroxylation is 1. The first-order valence-electron chi connectivity index (χ1n) is 4.74. The van der Waals surface area contributed by atoms with Gasteiger partial charge in [-0.15, -0.1) is 0 Å². The highest BCUT2D eigenvalue weighted by Crippen LogP contribution is 2.20. The summed E-state index contributed by atoms with van der Waals surface area (Å²) in [7, 11) is 0. The lowest BCUT2D eigenvalue weighted by molar-refractivity contribution is 0.296. The molecule has 1 heterocycles. The Morgan fingerprint density at radius 1 is 1.33 bits per heavy atom. The van der Waals surface area contributed by atoms with E-state index in [1.165, 1.54) is 0 Å². The van der Waals surface area contributed by atoms with Crippen molar-refractivity contribution >= 4 is 26.8 Å². The molecule has 0 spiro atoms. The third kappa shape index (κ3) is 2.16. The van der Waals surface area contributed by atoms with Crippen LogP contribution >= 0.6 is 15.9 Å². The summed E-state index contributed by atoms with van der Waals surface area (Å²) < 4.78 is 1.00. The molecule has 1 aromatic heterocycles. The van der Waals surface area contributed by atoms with Gasteiger partial charge in [-0.2, -0.15) is 0 Å². The van der Waals surface area contributed by atoms with E-state index in [1.54, 1.807) is 0 Å². The van der Waals surface area contributed by atoms with Gasteiger partial charge in [0.15, 0.2) is 0 Å². The number of aliphatic hydroxyl groups is 1. The number of hydrogen-bond donors (Lipinski definition) is 1. The molecule has 0 unspecified atom stereocenters. The highest BCUT2D eigenvalue weighted by atomic mass is 79.9. The molecule has 0 saturated carbocycles. The van der Waals surface area contributed by atoms with E-state index in [4.69, 9.17) is 5.11 Å². The lowest BCUT2D eigenvalue weighted by Crippen LogP contribution is -2.01. The molecule has 0 fully saturated rings. The second-order valence-electron chi connectivity index (χ2n) is 3.36. The van der Waals surface area contributed by atoms with E-state index in [9.17, 15) is 0 Å². The van der Waals surface area contributed by atoms with Crippen molar-refractivity contribution in [2.45, 2.75) is 13.3 Å². The third-order valence-electron chi connectivity index (χ3n) is 2.23.